The molecule has 2 aliphatic rings. The molecule has 0 saturated heterocycles. The molecule has 0 fully saturated rings. The molecular formula is C26H23N3O6. The Morgan fingerprint density at radius 3 is 2.74 bits per heavy atom. The molecule has 1 aliphatic carbocycles. The number of aromatic nitrogens is 1. The summed E-state index contributed by atoms with van der Waals surface area (Å²) in [5.41, 5.74) is 9.46. The maximum Gasteiger partial charge on any atom is 0.339 e. The Balaban J connectivity index is 1.56. The van der Waals surface area contributed by atoms with Crippen molar-refractivity contribution in [3.8, 4) is 11.5 Å². The van der Waals surface area contributed by atoms with Gasteiger partial charge in [0.2, 0.25) is 6.79 Å². The molecule has 35 heavy (non-hydrogen) atoms. The third kappa shape index (κ3) is 4.40. The molecule has 2 heterocycles. The van der Waals surface area contributed by atoms with Gasteiger partial charge >= 0.3 is 12.0 Å². The van der Waals surface area contributed by atoms with Gasteiger partial charge in [-0.05, 0) is 67.2 Å². The Morgan fingerprint density at radius 1 is 1.11 bits per heavy atom. The maximum atomic E-state index is 13.3. The second-order valence-corrected chi connectivity index (χ2v) is 8.37. The summed E-state index contributed by atoms with van der Waals surface area (Å²) in [6.45, 7) is 1.59. The highest BCUT2D eigenvalue weighted by molar-refractivity contribution is 6.07. The molecule has 2 aromatic carbocycles. The first-order chi connectivity index (χ1) is 16.9. The maximum absolute atomic E-state index is 13.3. The van der Waals surface area contributed by atoms with Gasteiger partial charge in [-0.2, -0.15) is 0 Å². The fourth-order valence-electron chi connectivity index (χ4n) is 4.41. The molecule has 1 atom stereocenters. The van der Waals surface area contributed by atoms with E-state index in [1.807, 2.05) is 53.9 Å². The van der Waals surface area contributed by atoms with Crippen LogP contribution in [0.3, 0.4) is 0 Å². The van der Waals surface area contributed by atoms with E-state index < -0.39 is 24.0 Å². The number of benzene rings is 2. The molecule has 0 saturated carbocycles. The summed E-state index contributed by atoms with van der Waals surface area (Å²) in [6.07, 6.45) is 3.09. The van der Waals surface area contributed by atoms with E-state index in [0.717, 1.165) is 35.2 Å². The van der Waals surface area contributed by atoms with Crippen molar-refractivity contribution >= 4 is 40.5 Å². The lowest BCUT2D eigenvalue weighted by atomic mass is 9.86. The van der Waals surface area contributed by atoms with E-state index in [4.69, 9.17) is 24.9 Å². The lowest BCUT2D eigenvalue weighted by molar-refractivity contribution is -0.127. The number of urea groups is 1. The van der Waals surface area contributed by atoms with Crippen LogP contribution in [0, 0.1) is 0 Å². The van der Waals surface area contributed by atoms with Gasteiger partial charge in [-0.3, -0.25) is 10.1 Å². The number of imide groups is 1. The quantitative estimate of drug-likeness (QED) is 0.554. The number of hydrogen-bond donors (Lipinski definition) is 2. The number of nitrogens with two attached hydrogens (primary N) is 1. The highest BCUT2D eigenvalue weighted by Gasteiger charge is 2.28. The van der Waals surface area contributed by atoms with Gasteiger partial charge in [-0.15, -0.1) is 0 Å². The molecule has 9 nitrogen and oxygen atoms in total. The van der Waals surface area contributed by atoms with Crippen LogP contribution in [-0.4, -0.2) is 35.8 Å². The second-order valence-electron chi connectivity index (χ2n) is 8.37. The van der Waals surface area contributed by atoms with E-state index in [9.17, 15) is 14.4 Å². The first-order valence-corrected chi connectivity index (χ1v) is 11.2. The van der Waals surface area contributed by atoms with Crippen molar-refractivity contribution in [2.75, 3.05) is 6.79 Å². The molecule has 5 rings (SSSR count). The van der Waals surface area contributed by atoms with Crippen LogP contribution in [0.5, 0.6) is 11.5 Å². The number of primary amides is 1. The smallest absolute Gasteiger partial charge is 0.339 e. The third-order valence-electron chi connectivity index (χ3n) is 6.01. The van der Waals surface area contributed by atoms with Crippen LogP contribution in [0.1, 0.15) is 46.9 Å². The van der Waals surface area contributed by atoms with E-state index >= 15 is 0 Å². The van der Waals surface area contributed by atoms with Crippen LogP contribution in [0.25, 0.3) is 22.6 Å². The van der Waals surface area contributed by atoms with Gasteiger partial charge in [0.15, 0.2) is 17.6 Å². The minimum atomic E-state index is -1.20. The monoisotopic (exact) mass is 473 g/mol. The second kappa shape index (κ2) is 9.09. The predicted octanol–water partition coefficient (Wildman–Crippen LogP) is 3.58. The van der Waals surface area contributed by atoms with E-state index in [-0.39, 0.29) is 6.79 Å². The molecule has 0 spiro atoms. The average Bonchev–Trinajstić information content (AvgIpc) is 3.30. The lowest BCUT2D eigenvalue weighted by Gasteiger charge is -2.23. The Labute approximate surface area is 200 Å². The standard InChI is InChI=1S/C26H23N3O6/c1-14(24(30)29-26(27)32)35-25(31)22-17-6-2-3-8-19(17)28-23-16(5-4-7-18(22)23)11-15-9-10-20-21(12-15)34-13-33-20/h2-3,6,8-12,14H,4-5,7,13H2,1H3,(H3,27,29,30,32)/b16-11+. The number of nitrogens with zero attached hydrogens (tertiary/aromatic N) is 1. The highest BCUT2D eigenvalue weighted by Crippen LogP contribution is 2.38. The summed E-state index contributed by atoms with van der Waals surface area (Å²) >= 11 is 0. The van der Waals surface area contributed by atoms with Crippen molar-refractivity contribution in [3.05, 3.63) is 64.8 Å². The van der Waals surface area contributed by atoms with Crippen LogP contribution >= 0.6 is 0 Å². The van der Waals surface area contributed by atoms with Gasteiger partial charge in [0.05, 0.1) is 16.8 Å². The van der Waals surface area contributed by atoms with E-state index in [2.05, 4.69) is 0 Å². The minimum Gasteiger partial charge on any atom is -0.454 e. The third-order valence-corrected chi connectivity index (χ3v) is 6.01. The molecule has 3 aromatic rings. The number of amides is 3. The first kappa shape index (κ1) is 22.4. The van der Waals surface area contributed by atoms with Crippen LogP contribution in [0.15, 0.2) is 42.5 Å². The number of ether oxygens (including phenoxy) is 3. The van der Waals surface area contributed by atoms with Gasteiger partial charge in [0, 0.05) is 5.39 Å². The van der Waals surface area contributed by atoms with Crippen molar-refractivity contribution in [2.45, 2.75) is 32.3 Å². The normalized spacial score (nSPS) is 16.0. The molecule has 9 heteroatoms. The van der Waals surface area contributed by atoms with Crippen LogP contribution in [0.4, 0.5) is 4.79 Å². The van der Waals surface area contributed by atoms with Crippen molar-refractivity contribution in [2.24, 2.45) is 5.73 Å². The number of hydrogen-bond acceptors (Lipinski definition) is 7. The number of esters is 1. The Kier molecular flexibility index (Phi) is 5.82. The van der Waals surface area contributed by atoms with E-state index in [1.165, 1.54) is 6.92 Å². The first-order valence-electron chi connectivity index (χ1n) is 11.2. The van der Waals surface area contributed by atoms with Gasteiger partial charge in [0.1, 0.15) is 0 Å². The van der Waals surface area contributed by atoms with Gasteiger partial charge in [0.25, 0.3) is 5.91 Å². The number of nitrogens with one attached hydrogen (secondary N) is 1. The summed E-state index contributed by atoms with van der Waals surface area (Å²) in [4.78, 5) is 41.3. The number of allylic oxidation sites excluding steroid dienone is 1. The predicted molar refractivity (Wildman–Crippen MR) is 128 cm³/mol. The van der Waals surface area contributed by atoms with Crippen molar-refractivity contribution in [1.82, 2.24) is 10.3 Å². The summed E-state index contributed by atoms with van der Waals surface area (Å²) in [5, 5.41) is 2.57. The van der Waals surface area contributed by atoms with Crippen molar-refractivity contribution < 1.29 is 28.6 Å². The van der Waals surface area contributed by atoms with Gasteiger partial charge in [-0.25, -0.2) is 14.6 Å². The Bertz CT molecular complexity index is 1400. The van der Waals surface area contributed by atoms with Gasteiger partial charge in [-0.1, -0.05) is 24.3 Å². The molecular weight excluding hydrogens is 450 g/mol. The number of carbonyl (C=O) groups is 3. The van der Waals surface area contributed by atoms with E-state index in [1.54, 1.807) is 0 Å². The van der Waals surface area contributed by atoms with Gasteiger partial charge < -0.3 is 19.9 Å². The average molecular weight is 473 g/mol. The van der Waals surface area contributed by atoms with Crippen LogP contribution < -0.4 is 20.5 Å². The van der Waals surface area contributed by atoms with Crippen molar-refractivity contribution in [3.63, 3.8) is 0 Å². The zero-order valence-corrected chi connectivity index (χ0v) is 19.0. The molecule has 178 valence electrons. The number of para-hydroxylation sites is 1. The highest BCUT2D eigenvalue weighted by atomic mass is 16.7. The largest absolute Gasteiger partial charge is 0.454 e. The summed E-state index contributed by atoms with van der Waals surface area (Å²) in [7, 11) is 0. The zero-order valence-electron chi connectivity index (χ0n) is 19.0. The molecule has 3 amide bonds. The van der Waals surface area contributed by atoms with Crippen molar-refractivity contribution in [1.29, 1.82) is 0 Å². The summed E-state index contributed by atoms with van der Waals surface area (Å²) in [5.74, 6) is -0.0491. The zero-order chi connectivity index (χ0) is 24.5. The topological polar surface area (TPSA) is 130 Å². The molecule has 3 N–H and O–H groups in total. The molecule has 1 aromatic heterocycles. The van der Waals surface area contributed by atoms with E-state index in [0.29, 0.717) is 34.4 Å². The fraction of sp³-hybridized carbons (Fsp3) is 0.231. The number of fused-ring (bicyclic) bond motifs is 3. The summed E-state index contributed by atoms with van der Waals surface area (Å²) in [6, 6.07) is 12.0. The number of carbonyl (C=O) groups excluding carboxylic acids is 3. The SMILES string of the molecule is CC(OC(=O)c1c2c(nc3ccccc13)/C(=C/c1ccc3c(c1)OCO3)CCC2)C(=O)NC(N)=O. The Morgan fingerprint density at radius 2 is 1.91 bits per heavy atom. The molecule has 0 radical (unpaired) electrons. The minimum absolute atomic E-state index is 0.201. The van der Waals surface area contributed by atoms with Crippen LogP contribution in [0.2, 0.25) is 0 Å². The van der Waals surface area contributed by atoms with Crippen LogP contribution in [-0.2, 0) is 16.0 Å². The molecule has 1 aliphatic heterocycles. The fourth-order valence-corrected chi connectivity index (χ4v) is 4.41. The molecule has 0 bridgehead atoms. The Hall–Kier alpha value is -4.40. The number of pyridine rings is 1. The molecule has 1 unspecified atom stereocenters. The summed E-state index contributed by atoms with van der Waals surface area (Å²) < 4.78 is 16.3. The number of rotatable bonds is 4. The lowest BCUT2D eigenvalue weighted by Crippen LogP contribution is -2.42.